The van der Waals surface area contributed by atoms with Gasteiger partial charge in [0.2, 0.25) is 5.91 Å². The fraction of sp³-hybridized carbons (Fsp3) is 0.261. The summed E-state index contributed by atoms with van der Waals surface area (Å²) in [6, 6.07) is 14.8. The molecule has 0 atom stereocenters. The molecule has 3 aromatic rings. The Balaban J connectivity index is 1.62. The number of aromatic nitrogens is 1. The smallest absolute Gasteiger partial charge is 0.267 e. The number of carbonyl (C=O) groups excluding carboxylic acids is 3. The monoisotopic (exact) mass is 406 g/mol. The van der Waals surface area contributed by atoms with Gasteiger partial charge in [-0.1, -0.05) is 45.0 Å². The van der Waals surface area contributed by atoms with E-state index in [0.717, 1.165) is 16.5 Å². The second-order valence-electron chi connectivity index (χ2n) is 8.26. The van der Waals surface area contributed by atoms with Crippen LogP contribution in [0.4, 0.5) is 0 Å². The molecule has 30 heavy (non-hydrogen) atoms. The predicted molar refractivity (Wildman–Crippen MR) is 116 cm³/mol. The summed E-state index contributed by atoms with van der Waals surface area (Å²) in [4.78, 5) is 38.4. The largest absolute Gasteiger partial charge is 0.368 e. The topological polar surface area (TPSA) is 117 Å². The van der Waals surface area contributed by atoms with E-state index in [9.17, 15) is 14.4 Å². The quantitative estimate of drug-likeness (QED) is 0.504. The molecule has 3 rings (SSSR count). The van der Waals surface area contributed by atoms with Crippen LogP contribution in [0.25, 0.3) is 10.9 Å². The summed E-state index contributed by atoms with van der Waals surface area (Å²) in [6.45, 7) is 6.56. The van der Waals surface area contributed by atoms with Gasteiger partial charge in [0, 0.05) is 23.0 Å². The van der Waals surface area contributed by atoms with Crippen molar-refractivity contribution in [1.29, 1.82) is 0 Å². The van der Waals surface area contributed by atoms with Gasteiger partial charge in [0.05, 0.1) is 6.54 Å². The molecule has 0 bridgehead atoms. The molecular formula is C23H26N4O3. The SMILES string of the molecule is CC(C)(C)c1ccc2cc(C(=O)NCc3ccc(C(=O)NCC(N)=O)cc3)[nH]c2c1. The molecule has 0 spiro atoms. The Labute approximate surface area is 175 Å². The average Bonchev–Trinajstić information content (AvgIpc) is 3.13. The molecule has 0 aliphatic heterocycles. The molecule has 1 aromatic heterocycles. The van der Waals surface area contributed by atoms with Crippen molar-refractivity contribution in [1.82, 2.24) is 15.6 Å². The highest BCUT2D eigenvalue weighted by molar-refractivity contribution is 5.98. The Morgan fingerprint density at radius 3 is 2.27 bits per heavy atom. The fourth-order valence-electron chi connectivity index (χ4n) is 3.04. The van der Waals surface area contributed by atoms with Gasteiger partial charge in [-0.2, -0.15) is 0 Å². The number of amides is 3. The molecule has 0 fully saturated rings. The Morgan fingerprint density at radius 1 is 0.933 bits per heavy atom. The maximum absolute atomic E-state index is 12.5. The van der Waals surface area contributed by atoms with Crippen LogP contribution >= 0.6 is 0 Å². The first kappa shape index (κ1) is 21.1. The van der Waals surface area contributed by atoms with Crippen LogP contribution in [0, 0.1) is 0 Å². The lowest BCUT2D eigenvalue weighted by Gasteiger charge is -2.18. The highest BCUT2D eigenvalue weighted by Crippen LogP contribution is 2.26. The van der Waals surface area contributed by atoms with E-state index in [-0.39, 0.29) is 23.8 Å². The van der Waals surface area contributed by atoms with E-state index >= 15 is 0 Å². The number of H-pyrrole nitrogens is 1. The average molecular weight is 406 g/mol. The number of hydrogen-bond donors (Lipinski definition) is 4. The maximum Gasteiger partial charge on any atom is 0.267 e. The number of nitrogens with one attached hydrogen (secondary N) is 3. The number of hydrogen-bond acceptors (Lipinski definition) is 3. The molecule has 2 aromatic carbocycles. The number of carbonyl (C=O) groups is 3. The van der Waals surface area contributed by atoms with Crippen LogP contribution in [0.1, 0.15) is 52.7 Å². The van der Waals surface area contributed by atoms with Crippen molar-refractivity contribution in [2.75, 3.05) is 6.54 Å². The van der Waals surface area contributed by atoms with Gasteiger partial charge in [-0.05, 0) is 40.8 Å². The summed E-state index contributed by atoms with van der Waals surface area (Å²) in [6.07, 6.45) is 0. The molecule has 7 nitrogen and oxygen atoms in total. The maximum atomic E-state index is 12.5. The molecule has 3 amide bonds. The van der Waals surface area contributed by atoms with E-state index < -0.39 is 5.91 Å². The highest BCUT2D eigenvalue weighted by Gasteiger charge is 2.16. The Hall–Kier alpha value is -3.61. The van der Waals surface area contributed by atoms with Gasteiger partial charge in [-0.25, -0.2) is 0 Å². The number of primary amides is 1. The summed E-state index contributed by atoms with van der Waals surface area (Å²) in [5.41, 5.74) is 8.93. The lowest BCUT2D eigenvalue weighted by atomic mass is 9.87. The van der Waals surface area contributed by atoms with E-state index in [2.05, 4.69) is 48.5 Å². The van der Waals surface area contributed by atoms with Gasteiger partial charge in [-0.15, -0.1) is 0 Å². The van der Waals surface area contributed by atoms with Crippen LogP contribution in [0.2, 0.25) is 0 Å². The van der Waals surface area contributed by atoms with E-state index in [1.807, 2.05) is 12.1 Å². The normalized spacial score (nSPS) is 11.3. The molecule has 0 saturated heterocycles. The second-order valence-corrected chi connectivity index (χ2v) is 8.26. The van der Waals surface area contributed by atoms with Crippen LogP contribution < -0.4 is 16.4 Å². The number of benzene rings is 2. The van der Waals surface area contributed by atoms with Crippen LogP contribution in [-0.4, -0.2) is 29.3 Å². The van der Waals surface area contributed by atoms with Gasteiger partial charge < -0.3 is 21.4 Å². The lowest BCUT2D eigenvalue weighted by molar-refractivity contribution is -0.117. The van der Waals surface area contributed by atoms with Crippen molar-refractivity contribution < 1.29 is 14.4 Å². The minimum atomic E-state index is -0.603. The van der Waals surface area contributed by atoms with Crippen LogP contribution in [0.3, 0.4) is 0 Å². The second kappa shape index (κ2) is 8.41. The van der Waals surface area contributed by atoms with Gasteiger partial charge in [0.1, 0.15) is 5.69 Å². The molecule has 0 aliphatic carbocycles. The Morgan fingerprint density at radius 2 is 1.63 bits per heavy atom. The van der Waals surface area contributed by atoms with Crippen LogP contribution in [0.5, 0.6) is 0 Å². The number of rotatable bonds is 6. The molecule has 7 heteroatoms. The number of nitrogens with two attached hydrogens (primary N) is 1. The first-order chi connectivity index (χ1) is 14.1. The van der Waals surface area contributed by atoms with E-state index in [0.29, 0.717) is 17.8 Å². The zero-order valence-electron chi connectivity index (χ0n) is 17.3. The fourth-order valence-corrected chi connectivity index (χ4v) is 3.04. The molecule has 0 aliphatic rings. The third kappa shape index (κ3) is 5.05. The predicted octanol–water partition coefficient (Wildman–Crippen LogP) is 2.61. The number of aromatic amines is 1. The third-order valence-corrected chi connectivity index (χ3v) is 4.83. The van der Waals surface area contributed by atoms with Gasteiger partial charge in [0.15, 0.2) is 0 Å². The number of fused-ring (bicyclic) bond motifs is 1. The standard InChI is InChI=1S/C23H26N4O3/c1-23(2,3)17-9-8-16-10-19(27-18(16)11-17)22(30)25-12-14-4-6-15(7-5-14)21(29)26-13-20(24)28/h4-11,27H,12-13H2,1-3H3,(H2,24,28)(H,25,30)(H,26,29). The van der Waals surface area contributed by atoms with Crippen molar-refractivity contribution in [3.8, 4) is 0 Å². The third-order valence-electron chi connectivity index (χ3n) is 4.83. The molecule has 156 valence electrons. The van der Waals surface area contributed by atoms with Crippen molar-refractivity contribution in [3.05, 3.63) is 70.9 Å². The van der Waals surface area contributed by atoms with Gasteiger partial charge >= 0.3 is 0 Å². The van der Waals surface area contributed by atoms with E-state index in [1.165, 1.54) is 5.56 Å². The summed E-state index contributed by atoms with van der Waals surface area (Å²) in [5.74, 6) is -1.18. The molecule has 0 unspecified atom stereocenters. The van der Waals surface area contributed by atoms with Crippen LogP contribution in [0.15, 0.2) is 48.5 Å². The Kier molecular flexibility index (Phi) is 5.91. The molecule has 1 heterocycles. The summed E-state index contributed by atoms with van der Waals surface area (Å²) in [7, 11) is 0. The summed E-state index contributed by atoms with van der Waals surface area (Å²) in [5, 5.41) is 6.29. The summed E-state index contributed by atoms with van der Waals surface area (Å²) >= 11 is 0. The van der Waals surface area contributed by atoms with Crippen molar-refractivity contribution in [3.63, 3.8) is 0 Å². The minimum Gasteiger partial charge on any atom is -0.368 e. The zero-order chi connectivity index (χ0) is 21.9. The zero-order valence-corrected chi connectivity index (χ0v) is 17.3. The molecule has 0 saturated carbocycles. The lowest BCUT2D eigenvalue weighted by Crippen LogP contribution is -2.33. The first-order valence-electron chi connectivity index (χ1n) is 9.70. The molecule has 5 N–H and O–H groups in total. The Bertz CT molecular complexity index is 1090. The van der Waals surface area contributed by atoms with Gasteiger partial charge in [-0.3, -0.25) is 14.4 Å². The first-order valence-corrected chi connectivity index (χ1v) is 9.70. The summed E-state index contributed by atoms with van der Waals surface area (Å²) < 4.78 is 0. The van der Waals surface area contributed by atoms with Gasteiger partial charge in [0.25, 0.3) is 11.8 Å². The van der Waals surface area contributed by atoms with E-state index in [1.54, 1.807) is 24.3 Å². The molecular weight excluding hydrogens is 380 g/mol. The van der Waals surface area contributed by atoms with Crippen LogP contribution in [-0.2, 0) is 16.8 Å². The van der Waals surface area contributed by atoms with Crippen molar-refractivity contribution in [2.24, 2.45) is 5.73 Å². The minimum absolute atomic E-state index is 0.0324. The highest BCUT2D eigenvalue weighted by atomic mass is 16.2. The van der Waals surface area contributed by atoms with Crippen molar-refractivity contribution in [2.45, 2.75) is 32.7 Å². The molecule has 0 radical (unpaired) electrons. The van der Waals surface area contributed by atoms with E-state index in [4.69, 9.17) is 5.73 Å². The van der Waals surface area contributed by atoms with Crippen molar-refractivity contribution >= 4 is 28.6 Å².